The molecule has 1 aliphatic heterocycles. The van der Waals surface area contributed by atoms with Crippen molar-refractivity contribution >= 4 is 11.9 Å². The van der Waals surface area contributed by atoms with Crippen LogP contribution in [0, 0.1) is 11.8 Å². The minimum atomic E-state index is -0.759. The molecule has 0 aromatic heterocycles. The third kappa shape index (κ3) is 2.20. The largest absolute Gasteiger partial charge is 0.481 e. The molecule has 2 fully saturated rings. The number of nitrogens with zero attached hydrogens (tertiary/aromatic N) is 1. The molecule has 3 atom stereocenters. The van der Waals surface area contributed by atoms with Gasteiger partial charge in [0.1, 0.15) is 0 Å². The van der Waals surface area contributed by atoms with Crippen LogP contribution in [-0.4, -0.2) is 34.5 Å². The lowest BCUT2D eigenvalue weighted by molar-refractivity contribution is -0.147. The summed E-state index contributed by atoms with van der Waals surface area (Å²) in [5, 5.41) is 8.98. The molecule has 1 saturated carbocycles. The molecule has 0 bridgehead atoms. The summed E-state index contributed by atoms with van der Waals surface area (Å²) in [7, 11) is 0. The highest BCUT2D eigenvalue weighted by Gasteiger charge is 2.45. The maximum absolute atomic E-state index is 11.7. The second-order valence-corrected chi connectivity index (χ2v) is 4.97. The molecule has 2 rings (SSSR count). The van der Waals surface area contributed by atoms with Crippen LogP contribution in [0.5, 0.6) is 0 Å². The van der Waals surface area contributed by atoms with Gasteiger partial charge >= 0.3 is 5.97 Å². The van der Waals surface area contributed by atoms with E-state index in [1.807, 2.05) is 4.90 Å². The number of hydrogen-bond donors (Lipinski definition) is 1. The molecule has 0 radical (unpaired) electrons. The molecule has 0 aromatic carbocycles. The van der Waals surface area contributed by atoms with E-state index in [9.17, 15) is 9.59 Å². The van der Waals surface area contributed by atoms with E-state index in [2.05, 4.69) is 6.92 Å². The number of aliphatic carboxylic acids is 1. The number of amides is 1. The van der Waals surface area contributed by atoms with Gasteiger partial charge in [0.25, 0.3) is 0 Å². The van der Waals surface area contributed by atoms with Crippen LogP contribution in [0.15, 0.2) is 0 Å². The number of rotatable bonds is 4. The van der Waals surface area contributed by atoms with E-state index >= 15 is 0 Å². The fourth-order valence-corrected chi connectivity index (χ4v) is 2.69. The van der Waals surface area contributed by atoms with Gasteiger partial charge in [-0.25, -0.2) is 0 Å². The third-order valence-electron chi connectivity index (χ3n) is 3.74. The highest BCUT2D eigenvalue weighted by Crippen LogP contribution is 2.41. The molecule has 4 nitrogen and oxygen atoms in total. The van der Waals surface area contributed by atoms with E-state index in [1.165, 1.54) is 0 Å². The molecule has 1 saturated heterocycles. The first-order valence-corrected chi connectivity index (χ1v) is 6.15. The second-order valence-electron chi connectivity index (χ2n) is 4.97. The molecule has 2 aliphatic rings. The Labute approximate surface area is 95.6 Å². The van der Waals surface area contributed by atoms with E-state index in [-0.39, 0.29) is 11.8 Å². The minimum Gasteiger partial charge on any atom is -0.481 e. The normalized spacial score (nSPS) is 33.9. The van der Waals surface area contributed by atoms with Crippen LogP contribution < -0.4 is 0 Å². The van der Waals surface area contributed by atoms with Crippen molar-refractivity contribution in [2.45, 2.75) is 45.1 Å². The van der Waals surface area contributed by atoms with Gasteiger partial charge in [0.15, 0.2) is 0 Å². The van der Waals surface area contributed by atoms with Crippen LogP contribution in [-0.2, 0) is 9.59 Å². The predicted octanol–water partition coefficient (Wildman–Crippen LogP) is 1.50. The summed E-state index contributed by atoms with van der Waals surface area (Å²) in [6.07, 6.45) is 4.30. The van der Waals surface area contributed by atoms with Crippen LogP contribution in [0.3, 0.4) is 0 Å². The van der Waals surface area contributed by atoms with Gasteiger partial charge < -0.3 is 10.0 Å². The fourth-order valence-electron chi connectivity index (χ4n) is 2.69. The highest BCUT2D eigenvalue weighted by molar-refractivity contribution is 5.81. The second kappa shape index (κ2) is 4.44. The standard InChI is InChI=1S/C12H19NO3/c1-2-3-8-6-10(8)13-7-9(12(15)16)4-5-11(13)14/h8-10H,2-7H2,1H3,(H,15,16). The van der Waals surface area contributed by atoms with Gasteiger partial charge in [-0.3, -0.25) is 9.59 Å². The van der Waals surface area contributed by atoms with Crippen LogP contribution >= 0.6 is 0 Å². The molecular weight excluding hydrogens is 206 g/mol. The van der Waals surface area contributed by atoms with Crippen molar-refractivity contribution < 1.29 is 14.7 Å². The SMILES string of the molecule is CCCC1CC1N1CC(C(=O)O)CCC1=O. The van der Waals surface area contributed by atoms with Crippen molar-refractivity contribution in [3.8, 4) is 0 Å². The van der Waals surface area contributed by atoms with E-state index < -0.39 is 5.97 Å². The van der Waals surface area contributed by atoms with E-state index in [4.69, 9.17) is 5.11 Å². The summed E-state index contributed by atoms with van der Waals surface area (Å²) in [6, 6.07) is 0.342. The van der Waals surface area contributed by atoms with Crippen molar-refractivity contribution in [2.24, 2.45) is 11.8 Å². The van der Waals surface area contributed by atoms with Gasteiger partial charge in [0, 0.05) is 19.0 Å². The van der Waals surface area contributed by atoms with Crippen molar-refractivity contribution in [2.75, 3.05) is 6.54 Å². The number of carbonyl (C=O) groups is 2. The molecule has 16 heavy (non-hydrogen) atoms. The van der Waals surface area contributed by atoms with Gasteiger partial charge in [-0.05, 0) is 25.2 Å². The van der Waals surface area contributed by atoms with Gasteiger partial charge in [0.2, 0.25) is 5.91 Å². The zero-order valence-electron chi connectivity index (χ0n) is 9.69. The maximum atomic E-state index is 11.7. The van der Waals surface area contributed by atoms with Gasteiger partial charge in [-0.2, -0.15) is 0 Å². The Hall–Kier alpha value is -1.06. The Balaban J connectivity index is 1.93. The topological polar surface area (TPSA) is 57.6 Å². The number of carboxylic acid groups (broad SMARTS) is 1. The summed E-state index contributed by atoms with van der Waals surface area (Å²) < 4.78 is 0. The summed E-state index contributed by atoms with van der Waals surface area (Å²) >= 11 is 0. The van der Waals surface area contributed by atoms with Crippen LogP contribution in [0.25, 0.3) is 0 Å². The predicted molar refractivity (Wildman–Crippen MR) is 58.9 cm³/mol. The number of likely N-dealkylation sites (tertiary alicyclic amines) is 1. The maximum Gasteiger partial charge on any atom is 0.308 e. The lowest BCUT2D eigenvalue weighted by Gasteiger charge is -2.31. The monoisotopic (exact) mass is 225 g/mol. The first-order chi connectivity index (χ1) is 7.63. The molecule has 1 amide bonds. The lowest BCUT2D eigenvalue weighted by atomic mass is 9.97. The third-order valence-corrected chi connectivity index (χ3v) is 3.74. The number of piperidine rings is 1. The average Bonchev–Trinajstić information content (AvgIpc) is 2.98. The molecular formula is C12H19NO3. The van der Waals surface area contributed by atoms with Gasteiger partial charge in [-0.15, -0.1) is 0 Å². The highest BCUT2D eigenvalue weighted by atomic mass is 16.4. The molecule has 0 aromatic rings. The zero-order valence-corrected chi connectivity index (χ0v) is 9.69. The Morgan fingerprint density at radius 3 is 2.94 bits per heavy atom. The molecule has 1 aliphatic carbocycles. The summed E-state index contributed by atoms with van der Waals surface area (Å²) in [5.74, 6) is -0.326. The lowest BCUT2D eigenvalue weighted by Crippen LogP contribution is -2.44. The summed E-state index contributed by atoms with van der Waals surface area (Å²) in [5.41, 5.74) is 0. The number of hydrogen-bond acceptors (Lipinski definition) is 2. The molecule has 3 unspecified atom stereocenters. The molecule has 1 N–H and O–H groups in total. The van der Waals surface area contributed by atoms with E-state index in [0.29, 0.717) is 31.3 Å². The first-order valence-electron chi connectivity index (χ1n) is 6.15. The summed E-state index contributed by atoms with van der Waals surface area (Å²) in [4.78, 5) is 24.5. The van der Waals surface area contributed by atoms with Crippen LogP contribution in [0.4, 0.5) is 0 Å². The fraction of sp³-hybridized carbons (Fsp3) is 0.833. The first kappa shape index (κ1) is 11.4. The molecule has 0 spiro atoms. The zero-order chi connectivity index (χ0) is 11.7. The van der Waals surface area contributed by atoms with Gasteiger partial charge in [-0.1, -0.05) is 13.3 Å². The molecule has 90 valence electrons. The van der Waals surface area contributed by atoms with E-state index in [0.717, 1.165) is 19.3 Å². The van der Waals surface area contributed by atoms with E-state index in [1.54, 1.807) is 0 Å². The van der Waals surface area contributed by atoms with Crippen LogP contribution in [0.2, 0.25) is 0 Å². The Morgan fingerprint density at radius 1 is 1.56 bits per heavy atom. The summed E-state index contributed by atoms with van der Waals surface area (Å²) in [6.45, 7) is 2.58. The Kier molecular flexibility index (Phi) is 3.17. The molecule has 1 heterocycles. The quantitative estimate of drug-likeness (QED) is 0.788. The van der Waals surface area contributed by atoms with Crippen molar-refractivity contribution in [1.82, 2.24) is 4.90 Å². The van der Waals surface area contributed by atoms with Crippen LogP contribution in [0.1, 0.15) is 39.0 Å². The molecule has 4 heteroatoms. The van der Waals surface area contributed by atoms with Crippen molar-refractivity contribution in [1.29, 1.82) is 0 Å². The van der Waals surface area contributed by atoms with Crippen molar-refractivity contribution in [3.63, 3.8) is 0 Å². The number of carbonyl (C=O) groups excluding carboxylic acids is 1. The minimum absolute atomic E-state index is 0.154. The Morgan fingerprint density at radius 2 is 2.31 bits per heavy atom. The van der Waals surface area contributed by atoms with Crippen molar-refractivity contribution in [3.05, 3.63) is 0 Å². The van der Waals surface area contributed by atoms with Gasteiger partial charge in [0.05, 0.1) is 5.92 Å². The number of carboxylic acids is 1. The smallest absolute Gasteiger partial charge is 0.308 e. The Bertz CT molecular complexity index is 303. The average molecular weight is 225 g/mol.